The Bertz CT molecular complexity index is 510. The first-order valence-corrected chi connectivity index (χ1v) is 6.49. The Morgan fingerprint density at radius 3 is 2.37 bits per heavy atom. The highest BCUT2D eigenvalue weighted by atomic mass is 15.3. The Balaban J connectivity index is 2.28. The second-order valence-electron chi connectivity index (χ2n) is 4.18. The monoisotopic (exact) mass is 257 g/mol. The lowest BCUT2D eigenvalue weighted by Crippen LogP contribution is -2.24. The molecule has 0 N–H and O–H groups in total. The van der Waals surface area contributed by atoms with E-state index in [2.05, 4.69) is 33.9 Å². The molecule has 100 valence electrons. The van der Waals surface area contributed by atoms with Gasteiger partial charge in [-0.25, -0.2) is 0 Å². The molecule has 5 nitrogen and oxygen atoms in total. The van der Waals surface area contributed by atoms with Crippen molar-refractivity contribution in [1.29, 1.82) is 0 Å². The van der Waals surface area contributed by atoms with Crippen LogP contribution in [0.25, 0.3) is 0 Å². The molecular weight excluding hydrogens is 238 g/mol. The summed E-state index contributed by atoms with van der Waals surface area (Å²) in [4.78, 5) is 8.65. The van der Waals surface area contributed by atoms with E-state index in [9.17, 15) is 0 Å². The molecule has 0 spiro atoms. The molecule has 1 aromatic carbocycles. The molecule has 5 heteroatoms. The van der Waals surface area contributed by atoms with E-state index in [1.807, 2.05) is 42.3 Å². The summed E-state index contributed by atoms with van der Waals surface area (Å²) in [6, 6.07) is 10.0. The molecule has 0 aliphatic rings. The highest BCUT2D eigenvalue weighted by Gasteiger charge is 2.10. The van der Waals surface area contributed by atoms with E-state index in [4.69, 9.17) is 0 Å². The van der Waals surface area contributed by atoms with E-state index in [1.54, 1.807) is 6.20 Å². The lowest BCUT2D eigenvalue weighted by molar-refractivity contribution is 0.818. The summed E-state index contributed by atoms with van der Waals surface area (Å²) in [5.41, 5.74) is 1.04. The van der Waals surface area contributed by atoms with Gasteiger partial charge in [0.25, 0.3) is 5.95 Å². The molecule has 0 amide bonds. The second-order valence-corrected chi connectivity index (χ2v) is 4.18. The molecule has 0 saturated carbocycles. The van der Waals surface area contributed by atoms with Gasteiger partial charge in [0.15, 0.2) is 5.82 Å². The molecule has 1 heterocycles. The van der Waals surface area contributed by atoms with E-state index in [0.29, 0.717) is 5.95 Å². The maximum Gasteiger partial charge on any atom is 0.251 e. The summed E-state index contributed by atoms with van der Waals surface area (Å²) in [6.45, 7) is 6.02. The van der Waals surface area contributed by atoms with E-state index < -0.39 is 0 Å². The molecule has 0 radical (unpaired) electrons. The van der Waals surface area contributed by atoms with Crippen molar-refractivity contribution in [2.24, 2.45) is 0 Å². The van der Waals surface area contributed by atoms with Gasteiger partial charge in [0.1, 0.15) is 0 Å². The van der Waals surface area contributed by atoms with Crippen LogP contribution in [0.1, 0.15) is 13.8 Å². The van der Waals surface area contributed by atoms with E-state index in [-0.39, 0.29) is 0 Å². The van der Waals surface area contributed by atoms with Gasteiger partial charge in [0.2, 0.25) is 0 Å². The molecule has 1 aromatic heterocycles. The average Bonchev–Trinajstić information content (AvgIpc) is 2.49. The highest BCUT2D eigenvalue weighted by molar-refractivity contribution is 5.56. The lowest BCUT2D eigenvalue weighted by atomic mass is 10.3. The van der Waals surface area contributed by atoms with Gasteiger partial charge in [-0.3, -0.25) is 0 Å². The standard InChI is InChI=1S/C14H19N5/c1-4-19(5-2)13-11-15-17-14(16-13)18(3)12-9-7-6-8-10-12/h6-11H,4-5H2,1-3H3. The van der Waals surface area contributed by atoms with Crippen molar-refractivity contribution in [2.75, 3.05) is 29.9 Å². The zero-order chi connectivity index (χ0) is 13.7. The Morgan fingerprint density at radius 1 is 1.05 bits per heavy atom. The van der Waals surface area contributed by atoms with Crippen molar-refractivity contribution in [2.45, 2.75) is 13.8 Å². The van der Waals surface area contributed by atoms with Crippen LogP contribution in [-0.2, 0) is 0 Å². The minimum Gasteiger partial charge on any atom is -0.356 e. The SMILES string of the molecule is CCN(CC)c1cnnc(N(C)c2ccccc2)n1. The lowest BCUT2D eigenvalue weighted by Gasteiger charge is -2.21. The summed E-state index contributed by atoms with van der Waals surface area (Å²) in [5, 5.41) is 8.16. The number of benzene rings is 1. The molecule has 0 aliphatic heterocycles. The highest BCUT2D eigenvalue weighted by Crippen LogP contribution is 2.20. The van der Waals surface area contributed by atoms with Crippen molar-refractivity contribution < 1.29 is 0 Å². The van der Waals surface area contributed by atoms with Gasteiger partial charge in [-0.05, 0) is 26.0 Å². The maximum absolute atomic E-state index is 4.57. The van der Waals surface area contributed by atoms with Gasteiger partial charge < -0.3 is 9.80 Å². The van der Waals surface area contributed by atoms with Crippen molar-refractivity contribution in [1.82, 2.24) is 15.2 Å². The van der Waals surface area contributed by atoms with Crippen LogP contribution in [0.2, 0.25) is 0 Å². The van der Waals surface area contributed by atoms with Gasteiger partial charge in [0.05, 0.1) is 6.20 Å². The van der Waals surface area contributed by atoms with Crippen LogP contribution in [0.15, 0.2) is 36.5 Å². The fourth-order valence-electron chi connectivity index (χ4n) is 1.89. The number of anilines is 3. The predicted molar refractivity (Wildman–Crippen MR) is 77.9 cm³/mol. The summed E-state index contributed by atoms with van der Waals surface area (Å²) in [7, 11) is 1.94. The van der Waals surface area contributed by atoms with Crippen molar-refractivity contribution in [3.63, 3.8) is 0 Å². The molecule has 0 atom stereocenters. The average molecular weight is 257 g/mol. The zero-order valence-electron chi connectivity index (χ0n) is 11.6. The van der Waals surface area contributed by atoms with Crippen molar-refractivity contribution >= 4 is 17.5 Å². The van der Waals surface area contributed by atoms with Crippen LogP contribution in [0.4, 0.5) is 17.5 Å². The van der Waals surface area contributed by atoms with E-state index >= 15 is 0 Å². The van der Waals surface area contributed by atoms with Gasteiger partial charge in [-0.15, -0.1) is 5.10 Å². The third-order valence-corrected chi connectivity index (χ3v) is 3.07. The first-order valence-electron chi connectivity index (χ1n) is 6.49. The van der Waals surface area contributed by atoms with Gasteiger partial charge >= 0.3 is 0 Å². The fourth-order valence-corrected chi connectivity index (χ4v) is 1.89. The van der Waals surface area contributed by atoms with Crippen molar-refractivity contribution in [3.8, 4) is 0 Å². The molecule has 0 aliphatic carbocycles. The largest absolute Gasteiger partial charge is 0.356 e. The van der Waals surface area contributed by atoms with Gasteiger partial charge in [0, 0.05) is 25.8 Å². The summed E-state index contributed by atoms with van der Waals surface area (Å²) in [5.74, 6) is 1.47. The Labute approximate surface area is 113 Å². The number of hydrogen-bond acceptors (Lipinski definition) is 5. The normalized spacial score (nSPS) is 10.3. The van der Waals surface area contributed by atoms with Crippen LogP contribution < -0.4 is 9.80 Å². The molecule has 2 rings (SSSR count). The summed E-state index contributed by atoms with van der Waals surface area (Å²) in [6.07, 6.45) is 1.70. The van der Waals surface area contributed by atoms with E-state index in [0.717, 1.165) is 24.6 Å². The first kappa shape index (κ1) is 13.3. The Morgan fingerprint density at radius 2 is 1.74 bits per heavy atom. The maximum atomic E-state index is 4.57. The molecule has 0 saturated heterocycles. The number of para-hydroxylation sites is 1. The van der Waals surface area contributed by atoms with Crippen LogP contribution >= 0.6 is 0 Å². The first-order chi connectivity index (χ1) is 9.26. The molecular formula is C14H19N5. The molecule has 0 fully saturated rings. The van der Waals surface area contributed by atoms with Crippen LogP contribution in [0.5, 0.6) is 0 Å². The van der Waals surface area contributed by atoms with E-state index in [1.165, 1.54) is 0 Å². The number of aromatic nitrogens is 3. The summed E-state index contributed by atoms with van der Waals surface area (Å²) < 4.78 is 0. The number of hydrogen-bond donors (Lipinski definition) is 0. The minimum absolute atomic E-state index is 0.607. The van der Waals surface area contributed by atoms with Crippen LogP contribution in [0, 0.1) is 0 Å². The molecule has 0 bridgehead atoms. The van der Waals surface area contributed by atoms with Crippen molar-refractivity contribution in [3.05, 3.63) is 36.5 Å². The molecule has 0 unspecified atom stereocenters. The Hall–Kier alpha value is -2.17. The fraction of sp³-hybridized carbons (Fsp3) is 0.357. The number of nitrogens with zero attached hydrogens (tertiary/aromatic N) is 5. The molecule has 2 aromatic rings. The van der Waals surface area contributed by atoms with Gasteiger partial charge in [-0.2, -0.15) is 10.1 Å². The zero-order valence-corrected chi connectivity index (χ0v) is 11.6. The minimum atomic E-state index is 0.607. The third-order valence-electron chi connectivity index (χ3n) is 3.07. The van der Waals surface area contributed by atoms with Crippen LogP contribution in [0.3, 0.4) is 0 Å². The topological polar surface area (TPSA) is 45.2 Å². The number of rotatable bonds is 5. The Kier molecular flexibility index (Phi) is 4.28. The quantitative estimate of drug-likeness (QED) is 0.823. The summed E-state index contributed by atoms with van der Waals surface area (Å²) >= 11 is 0. The van der Waals surface area contributed by atoms with Crippen LogP contribution in [-0.4, -0.2) is 35.3 Å². The van der Waals surface area contributed by atoms with Gasteiger partial charge in [-0.1, -0.05) is 18.2 Å². The predicted octanol–water partition coefficient (Wildman–Crippen LogP) is 2.49. The second kappa shape index (κ2) is 6.13. The smallest absolute Gasteiger partial charge is 0.251 e. The molecule has 19 heavy (non-hydrogen) atoms. The third kappa shape index (κ3) is 2.99.